The number of rotatable bonds is 5. The molecule has 5 heteroatoms. The Kier molecular flexibility index (Phi) is 5.67. The molecule has 0 aliphatic rings. The van der Waals surface area contributed by atoms with Gasteiger partial charge in [0.15, 0.2) is 0 Å². The summed E-state index contributed by atoms with van der Waals surface area (Å²) in [6.07, 6.45) is 0.580. The molecule has 13 heavy (non-hydrogen) atoms. The minimum Gasteiger partial charge on any atom is -0.481 e. The van der Waals surface area contributed by atoms with E-state index < -0.39 is 5.97 Å². The van der Waals surface area contributed by atoms with E-state index in [1.807, 2.05) is 6.92 Å². The molecular formula is C8H16N2O3. The highest BCUT2D eigenvalue weighted by molar-refractivity contribution is 5.75. The third-order valence-electron chi connectivity index (χ3n) is 1.59. The predicted molar refractivity (Wildman–Crippen MR) is 48.5 cm³/mol. The Morgan fingerprint density at radius 3 is 2.38 bits per heavy atom. The predicted octanol–water partition coefficient (Wildman–Crippen LogP) is 0.559. The molecule has 0 spiro atoms. The Morgan fingerprint density at radius 1 is 1.38 bits per heavy atom. The summed E-state index contributed by atoms with van der Waals surface area (Å²) in [5.41, 5.74) is 0. The van der Waals surface area contributed by atoms with Crippen molar-refractivity contribution in [1.29, 1.82) is 0 Å². The lowest BCUT2D eigenvalue weighted by molar-refractivity contribution is -0.137. The Morgan fingerprint density at radius 2 is 2.00 bits per heavy atom. The van der Waals surface area contributed by atoms with Gasteiger partial charge in [-0.25, -0.2) is 4.79 Å². The third-order valence-corrected chi connectivity index (χ3v) is 1.59. The second kappa shape index (κ2) is 6.28. The Labute approximate surface area is 77.5 Å². The van der Waals surface area contributed by atoms with Crippen LogP contribution in [0.4, 0.5) is 4.79 Å². The third kappa shape index (κ3) is 5.95. The molecule has 2 amide bonds. The summed E-state index contributed by atoms with van der Waals surface area (Å²) in [4.78, 5) is 21.3. The molecule has 0 heterocycles. The van der Waals surface area contributed by atoms with Crippen molar-refractivity contribution in [2.24, 2.45) is 0 Å². The first kappa shape index (κ1) is 11.7. The van der Waals surface area contributed by atoms with Crippen LogP contribution in [0.2, 0.25) is 0 Å². The van der Waals surface area contributed by atoms with Crippen molar-refractivity contribution in [2.45, 2.75) is 32.7 Å². The van der Waals surface area contributed by atoms with Crippen molar-refractivity contribution >= 4 is 12.0 Å². The first-order valence-electron chi connectivity index (χ1n) is 4.36. The molecule has 1 atom stereocenters. The molecular weight excluding hydrogens is 172 g/mol. The Hall–Kier alpha value is -1.26. The number of nitrogens with one attached hydrogen (secondary N) is 2. The van der Waals surface area contributed by atoms with E-state index in [0.717, 1.165) is 0 Å². The van der Waals surface area contributed by atoms with Gasteiger partial charge in [0, 0.05) is 12.6 Å². The van der Waals surface area contributed by atoms with Crippen molar-refractivity contribution in [1.82, 2.24) is 10.6 Å². The molecule has 3 N–H and O–H groups in total. The second-order valence-electron chi connectivity index (χ2n) is 2.71. The van der Waals surface area contributed by atoms with Crippen LogP contribution in [0.5, 0.6) is 0 Å². The minimum atomic E-state index is -0.899. The number of hydrogen-bond donors (Lipinski definition) is 3. The molecule has 5 nitrogen and oxygen atoms in total. The van der Waals surface area contributed by atoms with Crippen LogP contribution in [0.3, 0.4) is 0 Å². The van der Waals surface area contributed by atoms with E-state index in [1.165, 1.54) is 0 Å². The zero-order valence-electron chi connectivity index (χ0n) is 7.96. The summed E-state index contributed by atoms with van der Waals surface area (Å²) in [7, 11) is 0. The summed E-state index contributed by atoms with van der Waals surface area (Å²) in [6.45, 7) is 4.17. The SMILES string of the molecule is CCNC(=O)NC(CC)CC(=O)O. The fourth-order valence-corrected chi connectivity index (χ4v) is 0.905. The lowest BCUT2D eigenvalue weighted by Crippen LogP contribution is -2.42. The summed E-state index contributed by atoms with van der Waals surface area (Å²) < 4.78 is 0. The first-order valence-corrected chi connectivity index (χ1v) is 4.36. The summed E-state index contributed by atoms with van der Waals surface area (Å²) in [5.74, 6) is -0.899. The van der Waals surface area contributed by atoms with E-state index in [4.69, 9.17) is 5.11 Å². The highest BCUT2D eigenvalue weighted by Crippen LogP contribution is 1.96. The average molecular weight is 188 g/mol. The molecule has 76 valence electrons. The van der Waals surface area contributed by atoms with Gasteiger partial charge in [0.1, 0.15) is 0 Å². The highest BCUT2D eigenvalue weighted by Gasteiger charge is 2.12. The van der Waals surface area contributed by atoms with Gasteiger partial charge in [-0.1, -0.05) is 6.92 Å². The van der Waals surface area contributed by atoms with Crippen molar-refractivity contribution in [3.8, 4) is 0 Å². The van der Waals surface area contributed by atoms with E-state index in [0.29, 0.717) is 13.0 Å². The van der Waals surface area contributed by atoms with Gasteiger partial charge in [0.2, 0.25) is 0 Å². The topological polar surface area (TPSA) is 78.4 Å². The highest BCUT2D eigenvalue weighted by atomic mass is 16.4. The Bertz CT molecular complexity index is 182. The fraction of sp³-hybridized carbons (Fsp3) is 0.750. The van der Waals surface area contributed by atoms with Gasteiger partial charge >= 0.3 is 12.0 Å². The van der Waals surface area contributed by atoms with Crippen LogP contribution in [-0.2, 0) is 4.79 Å². The number of carbonyl (C=O) groups is 2. The van der Waals surface area contributed by atoms with E-state index in [2.05, 4.69) is 10.6 Å². The quantitative estimate of drug-likeness (QED) is 0.589. The van der Waals surface area contributed by atoms with Gasteiger partial charge in [-0.2, -0.15) is 0 Å². The van der Waals surface area contributed by atoms with Crippen LogP contribution >= 0.6 is 0 Å². The van der Waals surface area contributed by atoms with E-state index >= 15 is 0 Å². The van der Waals surface area contributed by atoms with Crippen LogP contribution in [0.1, 0.15) is 26.7 Å². The number of amides is 2. The van der Waals surface area contributed by atoms with Gasteiger partial charge < -0.3 is 15.7 Å². The first-order chi connectivity index (χ1) is 6.10. The molecule has 0 aliphatic carbocycles. The number of carboxylic acids is 1. The van der Waals surface area contributed by atoms with Gasteiger partial charge in [-0.3, -0.25) is 4.79 Å². The summed E-state index contributed by atoms with van der Waals surface area (Å²) >= 11 is 0. The number of carboxylic acid groups (broad SMARTS) is 1. The normalized spacial score (nSPS) is 11.8. The van der Waals surface area contributed by atoms with Crippen LogP contribution < -0.4 is 10.6 Å². The zero-order chi connectivity index (χ0) is 10.3. The van der Waals surface area contributed by atoms with Gasteiger partial charge in [-0.15, -0.1) is 0 Å². The van der Waals surface area contributed by atoms with E-state index in [1.54, 1.807) is 6.92 Å². The molecule has 0 aliphatic heterocycles. The van der Waals surface area contributed by atoms with Crippen LogP contribution in [0.25, 0.3) is 0 Å². The largest absolute Gasteiger partial charge is 0.481 e. The van der Waals surface area contributed by atoms with Crippen LogP contribution in [0.15, 0.2) is 0 Å². The van der Waals surface area contributed by atoms with Crippen LogP contribution in [0, 0.1) is 0 Å². The second-order valence-corrected chi connectivity index (χ2v) is 2.71. The number of carbonyl (C=O) groups excluding carboxylic acids is 1. The zero-order valence-corrected chi connectivity index (χ0v) is 7.96. The molecule has 0 radical (unpaired) electrons. The maximum atomic E-state index is 11.0. The average Bonchev–Trinajstić information content (AvgIpc) is 2.02. The van der Waals surface area contributed by atoms with Crippen molar-refractivity contribution in [3.05, 3.63) is 0 Å². The molecule has 0 saturated heterocycles. The van der Waals surface area contributed by atoms with Gasteiger partial charge in [0.05, 0.1) is 6.42 Å². The van der Waals surface area contributed by atoms with Gasteiger partial charge in [-0.05, 0) is 13.3 Å². The van der Waals surface area contributed by atoms with E-state index in [9.17, 15) is 9.59 Å². The molecule has 0 bridgehead atoms. The minimum absolute atomic E-state index is 0.0341. The molecule has 0 fully saturated rings. The standard InChI is InChI=1S/C8H16N2O3/c1-3-6(5-7(11)12)10-8(13)9-4-2/h6H,3-5H2,1-2H3,(H,11,12)(H2,9,10,13). The maximum Gasteiger partial charge on any atom is 0.315 e. The summed E-state index contributed by atoms with van der Waals surface area (Å²) in [6, 6.07) is -0.598. The molecule has 0 aromatic carbocycles. The fourth-order valence-electron chi connectivity index (χ4n) is 0.905. The van der Waals surface area contributed by atoms with E-state index in [-0.39, 0.29) is 18.5 Å². The van der Waals surface area contributed by atoms with Gasteiger partial charge in [0.25, 0.3) is 0 Å². The van der Waals surface area contributed by atoms with Crippen molar-refractivity contribution in [3.63, 3.8) is 0 Å². The molecule has 0 rings (SSSR count). The number of aliphatic carboxylic acids is 1. The Balaban J connectivity index is 3.83. The molecule has 0 aromatic rings. The van der Waals surface area contributed by atoms with Crippen molar-refractivity contribution < 1.29 is 14.7 Å². The molecule has 1 unspecified atom stereocenters. The van der Waals surface area contributed by atoms with Crippen molar-refractivity contribution in [2.75, 3.05) is 6.54 Å². The maximum absolute atomic E-state index is 11.0. The lowest BCUT2D eigenvalue weighted by Gasteiger charge is -2.14. The molecule has 0 aromatic heterocycles. The molecule has 0 saturated carbocycles. The van der Waals surface area contributed by atoms with Crippen LogP contribution in [-0.4, -0.2) is 29.7 Å². The smallest absolute Gasteiger partial charge is 0.315 e. The lowest BCUT2D eigenvalue weighted by atomic mass is 10.1. The number of hydrogen-bond acceptors (Lipinski definition) is 2. The monoisotopic (exact) mass is 188 g/mol. The summed E-state index contributed by atoms with van der Waals surface area (Å²) in [5, 5.41) is 13.6. The number of urea groups is 1.